The molecule has 0 aromatic rings. The van der Waals surface area contributed by atoms with E-state index in [1.54, 1.807) is 0 Å². The Kier molecular flexibility index (Phi) is 10.1. The molecule has 0 spiro atoms. The zero-order valence-corrected chi connectivity index (χ0v) is 15.4. The predicted molar refractivity (Wildman–Crippen MR) is 94.2 cm³/mol. The fourth-order valence-electron chi connectivity index (χ4n) is 2.21. The van der Waals surface area contributed by atoms with E-state index in [0.29, 0.717) is 6.42 Å². The van der Waals surface area contributed by atoms with Crippen LogP contribution in [0.3, 0.4) is 0 Å². The first-order chi connectivity index (χ1) is 11.9. The summed E-state index contributed by atoms with van der Waals surface area (Å²) in [7, 11) is 0. The average Bonchev–Trinajstić information content (AvgIpc) is 2.48. The number of nitrogens with one attached hydrogen (secondary N) is 2. The van der Waals surface area contributed by atoms with Crippen molar-refractivity contribution in [3.63, 3.8) is 0 Å². The number of Topliss-reactive ketones (excluding diaryl/α,β-unsaturated/α-hetero) is 1. The second kappa shape index (κ2) is 11.2. The number of primary amides is 2. The zero-order chi connectivity index (χ0) is 20.4. The minimum Gasteiger partial charge on any atom is -0.370 e. The van der Waals surface area contributed by atoms with Crippen LogP contribution in [-0.4, -0.2) is 47.5 Å². The fourth-order valence-corrected chi connectivity index (χ4v) is 2.21. The van der Waals surface area contributed by atoms with Crippen molar-refractivity contribution in [2.75, 3.05) is 0 Å². The second-order valence-corrected chi connectivity index (χ2v) is 6.64. The Hall–Kier alpha value is -2.49. The number of hydrogen-bond acceptors (Lipinski definition) is 6. The van der Waals surface area contributed by atoms with Gasteiger partial charge in [0.25, 0.3) is 0 Å². The van der Waals surface area contributed by atoms with E-state index in [0.717, 1.165) is 0 Å². The highest BCUT2D eigenvalue weighted by molar-refractivity contribution is 5.94. The van der Waals surface area contributed by atoms with E-state index in [9.17, 15) is 24.0 Å². The van der Waals surface area contributed by atoms with Gasteiger partial charge in [0.15, 0.2) is 5.78 Å². The maximum Gasteiger partial charge on any atom is 0.243 e. The van der Waals surface area contributed by atoms with Crippen LogP contribution in [0.15, 0.2) is 0 Å². The molecule has 148 valence electrons. The lowest BCUT2D eigenvalue weighted by Crippen LogP contribution is -2.55. The highest BCUT2D eigenvalue weighted by atomic mass is 16.2. The Bertz CT molecular complexity index is 549. The molecule has 26 heavy (non-hydrogen) atoms. The van der Waals surface area contributed by atoms with Crippen LogP contribution < -0.4 is 27.8 Å². The first-order valence-electron chi connectivity index (χ1n) is 8.37. The van der Waals surface area contributed by atoms with Gasteiger partial charge in [-0.15, -0.1) is 0 Å². The number of hydrogen-bond donors (Lipinski definition) is 5. The third-order valence-electron chi connectivity index (χ3n) is 3.58. The predicted octanol–water partition coefficient (Wildman–Crippen LogP) is -1.94. The van der Waals surface area contributed by atoms with Crippen LogP contribution in [0.1, 0.15) is 46.5 Å². The molecule has 0 radical (unpaired) electrons. The lowest BCUT2D eigenvalue weighted by atomic mass is 10.00. The van der Waals surface area contributed by atoms with Gasteiger partial charge in [-0.25, -0.2) is 0 Å². The van der Waals surface area contributed by atoms with Crippen LogP contribution in [-0.2, 0) is 24.0 Å². The van der Waals surface area contributed by atoms with Gasteiger partial charge in [-0.3, -0.25) is 24.0 Å². The van der Waals surface area contributed by atoms with Crippen molar-refractivity contribution in [1.29, 1.82) is 0 Å². The molecule has 0 aromatic carbocycles. The van der Waals surface area contributed by atoms with E-state index in [-0.39, 0.29) is 31.0 Å². The summed E-state index contributed by atoms with van der Waals surface area (Å²) in [5.74, 6) is -2.88. The van der Waals surface area contributed by atoms with Gasteiger partial charge in [0.1, 0.15) is 6.04 Å². The molecule has 0 aliphatic rings. The quantitative estimate of drug-likeness (QED) is 0.265. The molecular formula is C16H29N5O5. The highest BCUT2D eigenvalue weighted by Gasteiger charge is 2.27. The molecule has 0 aliphatic heterocycles. The Labute approximate surface area is 152 Å². The van der Waals surface area contributed by atoms with Gasteiger partial charge >= 0.3 is 0 Å². The number of carbonyl (C=O) groups excluding carboxylic acids is 5. The van der Waals surface area contributed by atoms with Crippen molar-refractivity contribution in [1.82, 2.24) is 10.6 Å². The maximum atomic E-state index is 12.5. The molecule has 0 heterocycles. The fraction of sp³-hybridized carbons (Fsp3) is 0.688. The van der Waals surface area contributed by atoms with Gasteiger partial charge in [-0.1, -0.05) is 13.8 Å². The summed E-state index contributed by atoms with van der Waals surface area (Å²) in [5.41, 5.74) is 15.6. The monoisotopic (exact) mass is 371 g/mol. The smallest absolute Gasteiger partial charge is 0.243 e. The Morgan fingerprint density at radius 3 is 1.85 bits per heavy atom. The molecule has 0 saturated heterocycles. The molecule has 10 nitrogen and oxygen atoms in total. The van der Waals surface area contributed by atoms with Gasteiger partial charge < -0.3 is 27.8 Å². The molecule has 0 bridgehead atoms. The van der Waals surface area contributed by atoms with E-state index in [1.165, 1.54) is 6.92 Å². The maximum absolute atomic E-state index is 12.5. The molecule has 3 atom stereocenters. The Morgan fingerprint density at radius 1 is 0.885 bits per heavy atom. The molecule has 0 rings (SSSR count). The van der Waals surface area contributed by atoms with Gasteiger partial charge in [0.2, 0.25) is 23.6 Å². The summed E-state index contributed by atoms with van der Waals surface area (Å²) < 4.78 is 0. The topological polar surface area (TPSA) is 187 Å². The first-order valence-corrected chi connectivity index (χ1v) is 8.37. The number of ketones is 1. The van der Waals surface area contributed by atoms with Crippen LogP contribution in [0.25, 0.3) is 0 Å². The molecule has 0 aromatic heterocycles. The van der Waals surface area contributed by atoms with Crippen molar-refractivity contribution in [2.24, 2.45) is 23.1 Å². The van der Waals surface area contributed by atoms with Crippen LogP contribution in [0.5, 0.6) is 0 Å². The molecule has 8 N–H and O–H groups in total. The molecule has 0 aliphatic carbocycles. The number of rotatable bonds is 12. The lowest BCUT2D eigenvalue weighted by Gasteiger charge is -2.24. The molecular weight excluding hydrogens is 342 g/mol. The van der Waals surface area contributed by atoms with Crippen molar-refractivity contribution >= 4 is 29.4 Å². The SMILES string of the molecule is CC(=O)C(CC(C)C)NC(=O)C(CCC(N)=O)NC(=O)C(N)CC(N)=O. The number of nitrogens with two attached hydrogens (primary N) is 3. The minimum absolute atomic E-state index is 0.0670. The van der Waals surface area contributed by atoms with Crippen molar-refractivity contribution in [3.05, 3.63) is 0 Å². The van der Waals surface area contributed by atoms with E-state index in [4.69, 9.17) is 17.2 Å². The summed E-state index contributed by atoms with van der Waals surface area (Å²) in [4.78, 5) is 58.1. The van der Waals surface area contributed by atoms with Crippen LogP contribution in [0.2, 0.25) is 0 Å². The van der Waals surface area contributed by atoms with Crippen LogP contribution >= 0.6 is 0 Å². The van der Waals surface area contributed by atoms with E-state index in [2.05, 4.69) is 10.6 Å². The van der Waals surface area contributed by atoms with Gasteiger partial charge in [0, 0.05) is 6.42 Å². The van der Waals surface area contributed by atoms with Crippen LogP contribution in [0, 0.1) is 5.92 Å². The Morgan fingerprint density at radius 2 is 1.42 bits per heavy atom. The number of amides is 4. The summed E-state index contributed by atoms with van der Waals surface area (Å²) in [6.07, 6.45) is -0.182. The summed E-state index contributed by atoms with van der Waals surface area (Å²) in [6.45, 7) is 5.15. The lowest BCUT2D eigenvalue weighted by molar-refractivity contribution is -0.132. The van der Waals surface area contributed by atoms with E-state index < -0.39 is 41.8 Å². The highest BCUT2D eigenvalue weighted by Crippen LogP contribution is 2.07. The molecule has 4 amide bonds. The molecule has 3 unspecified atom stereocenters. The third-order valence-corrected chi connectivity index (χ3v) is 3.58. The standard InChI is InChI=1S/C16H29N5O5/c1-8(2)6-12(9(3)22)21-16(26)11(4-5-13(18)23)20-15(25)10(17)7-14(19)24/h8,10-12H,4-7,17H2,1-3H3,(H2,18,23)(H2,19,24)(H,20,25)(H,21,26). The van der Waals surface area contributed by atoms with Gasteiger partial charge in [-0.2, -0.15) is 0 Å². The normalized spacial score (nSPS) is 14.2. The Balaban J connectivity index is 5.11. The van der Waals surface area contributed by atoms with Crippen LogP contribution in [0.4, 0.5) is 0 Å². The van der Waals surface area contributed by atoms with Crippen molar-refractivity contribution in [3.8, 4) is 0 Å². The summed E-state index contributed by atoms with van der Waals surface area (Å²) in [6, 6.07) is -3.06. The van der Waals surface area contributed by atoms with Crippen molar-refractivity contribution < 1.29 is 24.0 Å². The third kappa shape index (κ3) is 9.72. The van der Waals surface area contributed by atoms with Gasteiger partial charge in [0.05, 0.1) is 18.5 Å². The largest absolute Gasteiger partial charge is 0.370 e. The van der Waals surface area contributed by atoms with Crippen molar-refractivity contribution in [2.45, 2.75) is 64.6 Å². The molecule has 0 saturated carbocycles. The average molecular weight is 371 g/mol. The van der Waals surface area contributed by atoms with E-state index in [1.807, 2.05) is 13.8 Å². The molecule has 0 fully saturated rings. The number of carbonyl (C=O) groups is 5. The second-order valence-electron chi connectivity index (χ2n) is 6.64. The summed E-state index contributed by atoms with van der Waals surface area (Å²) >= 11 is 0. The van der Waals surface area contributed by atoms with Gasteiger partial charge in [-0.05, 0) is 25.7 Å². The minimum atomic E-state index is -1.23. The molecule has 10 heteroatoms. The first kappa shape index (κ1) is 23.5. The summed E-state index contributed by atoms with van der Waals surface area (Å²) in [5, 5.41) is 4.94. The van der Waals surface area contributed by atoms with E-state index >= 15 is 0 Å². The zero-order valence-electron chi connectivity index (χ0n) is 15.4.